The molecular formula is C12H16Cl2N2O3S. The van der Waals surface area contributed by atoms with Crippen molar-refractivity contribution in [3.8, 4) is 0 Å². The van der Waals surface area contributed by atoms with Crippen molar-refractivity contribution in [2.45, 2.75) is 37.6 Å². The summed E-state index contributed by atoms with van der Waals surface area (Å²) in [5.74, 6) is -0.461. The largest absolute Gasteiger partial charge is 0.350 e. The number of benzene rings is 1. The highest BCUT2D eigenvalue weighted by molar-refractivity contribution is 7.89. The molecule has 0 spiro atoms. The highest BCUT2D eigenvalue weighted by Gasteiger charge is 2.20. The van der Waals surface area contributed by atoms with Gasteiger partial charge in [0.25, 0.3) is 5.91 Å². The van der Waals surface area contributed by atoms with Crippen LogP contribution in [-0.4, -0.2) is 20.4 Å². The van der Waals surface area contributed by atoms with E-state index in [2.05, 4.69) is 5.32 Å². The van der Waals surface area contributed by atoms with Gasteiger partial charge in [-0.3, -0.25) is 4.79 Å². The normalized spacial score (nSPS) is 13.1. The van der Waals surface area contributed by atoms with E-state index in [9.17, 15) is 13.2 Å². The zero-order valence-electron chi connectivity index (χ0n) is 11.1. The quantitative estimate of drug-likeness (QED) is 0.864. The Morgan fingerprint density at radius 3 is 2.45 bits per heavy atom. The number of hydrogen-bond acceptors (Lipinski definition) is 3. The molecule has 112 valence electrons. The molecule has 8 heteroatoms. The number of hydrogen-bond donors (Lipinski definition) is 2. The summed E-state index contributed by atoms with van der Waals surface area (Å²) in [5, 5.41) is 7.73. The Hall–Kier alpha value is -0.820. The summed E-state index contributed by atoms with van der Waals surface area (Å²) in [5.41, 5.74) is 0.0306. The van der Waals surface area contributed by atoms with Crippen molar-refractivity contribution in [1.29, 1.82) is 0 Å². The van der Waals surface area contributed by atoms with E-state index in [-0.39, 0.29) is 26.5 Å². The number of sulfonamides is 1. The van der Waals surface area contributed by atoms with Gasteiger partial charge in [-0.2, -0.15) is 0 Å². The number of amides is 1. The van der Waals surface area contributed by atoms with Crippen LogP contribution in [0.15, 0.2) is 17.0 Å². The fraction of sp³-hybridized carbons (Fsp3) is 0.417. The van der Waals surface area contributed by atoms with E-state index in [1.54, 1.807) is 0 Å². The SMILES string of the molecule is CCCC(C)NC(=O)c1cc(S(N)(=O)=O)c(Cl)cc1Cl. The average Bonchev–Trinajstić information content (AvgIpc) is 2.26. The molecule has 0 saturated heterocycles. The third-order valence-corrected chi connectivity index (χ3v) is 4.36. The highest BCUT2D eigenvalue weighted by atomic mass is 35.5. The first kappa shape index (κ1) is 17.2. The maximum atomic E-state index is 12.1. The van der Waals surface area contributed by atoms with Gasteiger partial charge >= 0.3 is 0 Å². The average molecular weight is 339 g/mol. The smallest absolute Gasteiger partial charge is 0.253 e. The Labute approximate surface area is 128 Å². The van der Waals surface area contributed by atoms with E-state index in [1.165, 1.54) is 6.07 Å². The lowest BCUT2D eigenvalue weighted by molar-refractivity contribution is 0.0938. The van der Waals surface area contributed by atoms with Crippen molar-refractivity contribution in [2.24, 2.45) is 5.14 Å². The summed E-state index contributed by atoms with van der Waals surface area (Å²) in [6, 6.07) is 2.24. The fourth-order valence-corrected chi connectivity index (χ4v) is 3.13. The third-order valence-electron chi connectivity index (χ3n) is 2.67. The van der Waals surface area contributed by atoms with Crippen LogP contribution in [0.2, 0.25) is 10.0 Å². The molecule has 20 heavy (non-hydrogen) atoms. The molecule has 0 aliphatic carbocycles. The third kappa shape index (κ3) is 4.34. The van der Waals surface area contributed by atoms with Crippen LogP contribution < -0.4 is 10.5 Å². The monoisotopic (exact) mass is 338 g/mol. The molecular weight excluding hydrogens is 323 g/mol. The van der Waals surface area contributed by atoms with Crippen LogP contribution in [0.25, 0.3) is 0 Å². The van der Waals surface area contributed by atoms with Crippen molar-refractivity contribution >= 4 is 39.1 Å². The van der Waals surface area contributed by atoms with Crippen LogP contribution in [0.4, 0.5) is 0 Å². The Bertz CT molecular complexity index is 617. The van der Waals surface area contributed by atoms with Gasteiger partial charge in [0.2, 0.25) is 10.0 Å². The lowest BCUT2D eigenvalue weighted by atomic mass is 10.1. The van der Waals surface area contributed by atoms with Crippen molar-refractivity contribution in [3.63, 3.8) is 0 Å². The first-order chi connectivity index (χ1) is 9.16. The predicted molar refractivity (Wildman–Crippen MR) is 79.7 cm³/mol. The van der Waals surface area contributed by atoms with Gasteiger partial charge in [0.1, 0.15) is 4.90 Å². The minimum atomic E-state index is -4.02. The number of nitrogens with one attached hydrogen (secondary N) is 1. The molecule has 1 amide bonds. The second-order valence-electron chi connectivity index (χ2n) is 4.47. The molecule has 0 aliphatic rings. The fourth-order valence-electron chi connectivity index (χ4n) is 1.73. The molecule has 0 saturated carbocycles. The van der Waals surface area contributed by atoms with Crippen LogP contribution in [0, 0.1) is 0 Å². The zero-order valence-corrected chi connectivity index (χ0v) is 13.4. The van der Waals surface area contributed by atoms with Gasteiger partial charge in [0, 0.05) is 6.04 Å². The number of primary sulfonamides is 1. The van der Waals surface area contributed by atoms with Crippen molar-refractivity contribution < 1.29 is 13.2 Å². The molecule has 1 unspecified atom stereocenters. The number of carbonyl (C=O) groups excluding carboxylic acids is 1. The molecule has 5 nitrogen and oxygen atoms in total. The molecule has 0 aromatic heterocycles. The number of halogens is 2. The second kappa shape index (κ2) is 6.76. The van der Waals surface area contributed by atoms with Gasteiger partial charge in [-0.15, -0.1) is 0 Å². The van der Waals surface area contributed by atoms with Gasteiger partial charge in [-0.1, -0.05) is 36.5 Å². The van der Waals surface area contributed by atoms with E-state index in [1.807, 2.05) is 13.8 Å². The molecule has 0 bridgehead atoms. The molecule has 1 rings (SSSR count). The van der Waals surface area contributed by atoms with E-state index in [0.29, 0.717) is 0 Å². The first-order valence-electron chi connectivity index (χ1n) is 5.99. The van der Waals surface area contributed by atoms with Crippen LogP contribution >= 0.6 is 23.2 Å². The maximum absolute atomic E-state index is 12.1. The number of carbonyl (C=O) groups is 1. The second-order valence-corrected chi connectivity index (χ2v) is 6.81. The zero-order chi connectivity index (χ0) is 15.5. The standard InChI is InChI=1S/C12H16Cl2N2O3S/c1-3-4-7(2)16-12(17)8-5-11(20(15,18)19)10(14)6-9(8)13/h5-7H,3-4H2,1-2H3,(H,16,17)(H2,15,18,19). The molecule has 0 aliphatic heterocycles. The molecule has 1 aromatic rings. The molecule has 3 N–H and O–H groups in total. The highest BCUT2D eigenvalue weighted by Crippen LogP contribution is 2.28. The maximum Gasteiger partial charge on any atom is 0.253 e. The van der Waals surface area contributed by atoms with E-state index in [4.69, 9.17) is 28.3 Å². The Morgan fingerprint density at radius 2 is 1.95 bits per heavy atom. The number of rotatable bonds is 5. The summed E-state index contributed by atoms with van der Waals surface area (Å²) < 4.78 is 22.8. The minimum absolute atomic E-state index is 0.0306. The van der Waals surface area contributed by atoms with E-state index >= 15 is 0 Å². The molecule has 0 radical (unpaired) electrons. The van der Waals surface area contributed by atoms with Crippen molar-refractivity contribution in [3.05, 3.63) is 27.7 Å². The summed E-state index contributed by atoms with van der Waals surface area (Å²) in [7, 11) is -4.02. The van der Waals surface area contributed by atoms with Gasteiger partial charge in [0.15, 0.2) is 0 Å². The number of nitrogens with two attached hydrogens (primary N) is 1. The van der Waals surface area contributed by atoms with Crippen molar-refractivity contribution in [1.82, 2.24) is 5.32 Å². The lowest BCUT2D eigenvalue weighted by Gasteiger charge is -2.14. The summed E-state index contributed by atoms with van der Waals surface area (Å²) in [4.78, 5) is 11.7. The van der Waals surface area contributed by atoms with Crippen LogP contribution in [0.1, 0.15) is 37.0 Å². The van der Waals surface area contributed by atoms with Crippen LogP contribution in [0.5, 0.6) is 0 Å². The first-order valence-corrected chi connectivity index (χ1v) is 8.29. The summed E-state index contributed by atoms with van der Waals surface area (Å²) in [6.45, 7) is 3.85. The molecule has 1 atom stereocenters. The minimum Gasteiger partial charge on any atom is -0.350 e. The van der Waals surface area contributed by atoms with Gasteiger partial charge in [-0.25, -0.2) is 13.6 Å². The molecule has 1 aromatic carbocycles. The van der Waals surface area contributed by atoms with Gasteiger partial charge in [-0.05, 0) is 25.5 Å². The van der Waals surface area contributed by atoms with E-state index in [0.717, 1.165) is 18.9 Å². The van der Waals surface area contributed by atoms with E-state index < -0.39 is 15.9 Å². The van der Waals surface area contributed by atoms with Gasteiger partial charge in [0.05, 0.1) is 15.6 Å². The van der Waals surface area contributed by atoms with Gasteiger partial charge < -0.3 is 5.32 Å². The Balaban J connectivity index is 3.16. The summed E-state index contributed by atoms with van der Waals surface area (Å²) >= 11 is 11.7. The summed E-state index contributed by atoms with van der Waals surface area (Å²) in [6.07, 6.45) is 1.72. The van der Waals surface area contributed by atoms with Crippen LogP contribution in [0.3, 0.4) is 0 Å². The molecule has 0 heterocycles. The predicted octanol–water partition coefficient (Wildman–Crippen LogP) is 2.56. The Kier molecular flexibility index (Phi) is 5.82. The lowest BCUT2D eigenvalue weighted by Crippen LogP contribution is -2.32. The topological polar surface area (TPSA) is 89.3 Å². The van der Waals surface area contributed by atoms with Crippen LogP contribution in [-0.2, 0) is 10.0 Å². The Morgan fingerprint density at radius 1 is 1.35 bits per heavy atom. The molecule has 0 fully saturated rings. The van der Waals surface area contributed by atoms with Crippen molar-refractivity contribution in [2.75, 3.05) is 0 Å².